The minimum absolute atomic E-state index is 0.114. The highest BCUT2D eigenvalue weighted by atomic mass is 79.9. The maximum Gasteiger partial charge on any atom is 0.404 e. The van der Waals surface area contributed by atoms with E-state index in [1.54, 1.807) is 20.8 Å². The number of nitro groups is 1. The van der Waals surface area contributed by atoms with E-state index in [1.165, 1.54) is 10.9 Å². The van der Waals surface area contributed by atoms with Crippen molar-refractivity contribution in [3.63, 3.8) is 0 Å². The Morgan fingerprint density at radius 2 is 2.22 bits per heavy atom. The van der Waals surface area contributed by atoms with Crippen molar-refractivity contribution in [2.75, 3.05) is 0 Å². The smallest absolute Gasteiger partial charge is 0.404 e. The molecule has 0 atom stereocenters. The first-order valence-electron chi connectivity index (χ1n) is 5.28. The third kappa shape index (κ3) is 4.44. The number of carbonyl (C=O) groups excluding carboxylic acids is 1. The van der Waals surface area contributed by atoms with Crippen LogP contribution in [0.15, 0.2) is 10.7 Å². The van der Waals surface area contributed by atoms with Gasteiger partial charge in [0.1, 0.15) is 10.1 Å². The van der Waals surface area contributed by atoms with Gasteiger partial charge in [-0.3, -0.25) is 4.79 Å². The minimum atomic E-state index is -0.589. The normalized spacial score (nSPS) is 11.3. The fraction of sp³-hybridized carbons (Fsp3) is 0.600. The van der Waals surface area contributed by atoms with Crippen LogP contribution in [0, 0.1) is 10.1 Å². The summed E-state index contributed by atoms with van der Waals surface area (Å²) < 4.78 is 6.75. The molecule has 1 rings (SSSR count). The molecule has 1 aromatic heterocycles. The monoisotopic (exact) mass is 319 g/mol. The Hall–Kier alpha value is -1.44. The highest BCUT2D eigenvalue weighted by Crippen LogP contribution is 2.22. The zero-order valence-electron chi connectivity index (χ0n) is 10.3. The maximum absolute atomic E-state index is 11.4. The molecule has 0 unspecified atom stereocenters. The SMILES string of the molecule is CC(C)(C)OC(=O)CCn1cc(Br)c([N+](=O)[O-])n1. The first-order valence-corrected chi connectivity index (χ1v) is 6.07. The molecule has 1 heterocycles. The minimum Gasteiger partial charge on any atom is -0.460 e. The summed E-state index contributed by atoms with van der Waals surface area (Å²) in [5, 5.41) is 14.3. The fourth-order valence-corrected chi connectivity index (χ4v) is 1.68. The summed E-state index contributed by atoms with van der Waals surface area (Å²) in [6.07, 6.45) is 1.57. The van der Waals surface area contributed by atoms with Crippen molar-refractivity contribution in [2.24, 2.45) is 0 Å². The summed E-state index contributed by atoms with van der Waals surface area (Å²) in [7, 11) is 0. The molecule has 0 radical (unpaired) electrons. The van der Waals surface area contributed by atoms with Crippen molar-refractivity contribution in [2.45, 2.75) is 39.3 Å². The number of ether oxygens (including phenoxy) is 1. The highest BCUT2D eigenvalue weighted by Gasteiger charge is 2.20. The van der Waals surface area contributed by atoms with E-state index in [4.69, 9.17) is 4.74 Å². The second-order valence-electron chi connectivity index (χ2n) is 4.66. The quantitative estimate of drug-likeness (QED) is 0.482. The number of esters is 1. The number of hydrogen-bond acceptors (Lipinski definition) is 5. The van der Waals surface area contributed by atoms with Gasteiger partial charge in [0.2, 0.25) is 0 Å². The van der Waals surface area contributed by atoms with Crippen molar-refractivity contribution in [3.05, 3.63) is 20.8 Å². The molecular weight excluding hydrogens is 306 g/mol. The zero-order chi connectivity index (χ0) is 13.9. The van der Waals surface area contributed by atoms with Crippen LogP contribution in [0.5, 0.6) is 0 Å². The van der Waals surface area contributed by atoms with Crippen LogP contribution in [0.25, 0.3) is 0 Å². The molecule has 0 amide bonds. The predicted molar refractivity (Wildman–Crippen MR) is 67.0 cm³/mol. The van der Waals surface area contributed by atoms with Gasteiger partial charge in [-0.1, -0.05) is 0 Å². The van der Waals surface area contributed by atoms with E-state index in [1.807, 2.05) is 0 Å². The molecule has 0 aliphatic heterocycles. The summed E-state index contributed by atoms with van der Waals surface area (Å²) in [6.45, 7) is 5.57. The Bertz CT molecular complexity index is 464. The van der Waals surface area contributed by atoms with E-state index < -0.39 is 10.5 Å². The van der Waals surface area contributed by atoms with Crippen molar-refractivity contribution in [3.8, 4) is 0 Å². The number of aryl methyl sites for hydroxylation is 1. The second kappa shape index (κ2) is 5.47. The van der Waals surface area contributed by atoms with Gasteiger partial charge < -0.3 is 14.9 Å². The van der Waals surface area contributed by atoms with Gasteiger partial charge >= 0.3 is 11.8 Å². The molecule has 0 aliphatic rings. The van der Waals surface area contributed by atoms with E-state index >= 15 is 0 Å². The molecule has 0 saturated heterocycles. The van der Waals surface area contributed by atoms with Gasteiger partial charge in [0.15, 0.2) is 0 Å². The molecule has 0 spiro atoms. The van der Waals surface area contributed by atoms with Crippen LogP contribution >= 0.6 is 15.9 Å². The third-order valence-corrected chi connectivity index (χ3v) is 2.40. The summed E-state index contributed by atoms with van der Waals surface area (Å²) in [4.78, 5) is 21.4. The Balaban J connectivity index is 2.57. The summed E-state index contributed by atoms with van der Waals surface area (Å²) in [5.74, 6) is -0.629. The molecule has 0 bridgehead atoms. The average Bonchev–Trinajstić information content (AvgIpc) is 2.54. The second-order valence-corrected chi connectivity index (χ2v) is 5.51. The molecule has 18 heavy (non-hydrogen) atoms. The van der Waals surface area contributed by atoms with E-state index in [9.17, 15) is 14.9 Å². The van der Waals surface area contributed by atoms with Gasteiger partial charge in [-0.2, -0.15) is 4.68 Å². The predicted octanol–water partition coefficient (Wildman–Crippen LogP) is 2.29. The summed E-state index contributed by atoms with van der Waals surface area (Å²) >= 11 is 3.03. The number of aromatic nitrogens is 2. The standard InChI is InChI=1S/C10H14BrN3O4/c1-10(2,3)18-8(15)4-5-13-6-7(11)9(12-13)14(16)17/h6H,4-5H2,1-3H3. The van der Waals surface area contributed by atoms with Crippen molar-refractivity contribution in [1.29, 1.82) is 0 Å². The van der Waals surface area contributed by atoms with Crippen molar-refractivity contribution < 1.29 is 14.5 Å². The molecule has 0 aliphatic carbocycles. The lowest BCUT2D eigenvalue weighted by molar-refractivity contribution is -0.390. The number of halogens is 1. The Morgan fingerprint density at radius 1 is 1.61 bits per heavy atom. The number of rotatable bonds is 4. The topological polar surface area (TPSA) is 87.3 Å². The van der Waals surface area contributed by atoms with Crippen LogP contribution < -0.4 is 0 Å². The largest absolute Gasteiger partial charge is 0.460 e. The molecule has 7 nitrogen and oxygen atoms in total. The first kappa shape index (κ1) is 14.6. The fourth-order valence-electron chi connectivity index (χ4n) is 1.22. The molecule has 0 N–H and O–H groups in total. The lowest BCUT2D eigenvalue weighted by atomic mass is 10.2. The Kier molecular flexibility index (Phi) is 4.44. The maximum atomic E-state index is 11.4. The molecular formula is C10H14BrN3O4. The van der Waals surface area contributed by atoms with Gasteiger partial charge in [0, 0.05) is 0 Å². The highest BCUT2D eigenvalue weighted by molar-refractivity contribution is 9.10. The van der Waals surface area contributed by atoms with Crippen molar-refractivity contribution >= 4 is 27.7 Å². The zero-order valence-corrected chi connectivity index (χ0v) is 11.9. The molecule has 1 aromatic rings. The summed E-state index contributed by atoms with van der Waals surface area (Å²) in [5.41, 5.74) is -0.534. The first-order chi connectivity index (χ1) is 8.19. The van der Waals surface area contributed by atoms with Crippen LogP contribution in [0.2, 0.25) is 0 Å². The third-order valence-electron chi connectivity index (χ3n) is 1.84. The van der Waals surface area contributed by atoms with E-state index in [0.29, 0.717) is 0 Å². The van der Waals surface area contributed by atoms with Gasteiger partial charge in [-0.15, -0.1) is 0 Å². The summed E-state index contributed by atoms with van der Waals surface area (Å²) in [6, 6.07) is 0. The van der Waals surface area contributed by atoms with Crippen LogP contribution in [0.4, 0.5) is 5.82 Å². The van der Waals surface area contributed by atoms with Gasteiger partial charge in [0.25, 0.3) is 0 Å². The number of hydrogen-bond donors (Lipinski definition) is 0. The van der Waals surface area contributed by atoms with Gasteiger partial charge in [0.05, 0.1) is 24.3 Å². The van der Waals surface area contributed by atoms with Gasteiger partial charge in [-0.25, -0.2) is 0 Å². The molecule has 0 fully saturated rings. The Labute approximate surface area is 112 Å². The lowest BCUT2D eigenvalue weighted by Crippen LogP contribution is -2.24. The number of carbonyl (C=O) groups is 1. The van der Waals surface area contributed by atoms with E-state index in [-0.39, 0.29) is 29.2 Å². The molecule has 0 aromatic carbocycles. The average molecular weight is 320 g/mol. The van der Waals surface area contributed by atoms with E-state index in [0.717, 1.165) is 0 Å². The lowest BCUT2D eigenvalue weighted by Gasteiger charge is -2.19. The Morgan fingerprint density at radius 3 is 2.67 bits per heavy atom. The molecule has 0 saturated carbocycles. The number of nitrogens with zero attached hydrogens (tertiary/aromatic N) is 3. The van der Waals surface area contributed by atoms with Crippen molar-refractivity contribution in [1.82, 2.24) is 9.78 Å². The van der Waals surface area contributed by atoms with Crippen LogP contribution in [-0.4, -0.2) is 26.3 Å². The van der Waals surface area contributed by atoms with E-state index in [2.05, 4.69) is 21.0 Å². The molecule has 8 heteroatoms. The van der Waals surface area contributed by atoms with Gasteiger partial charge in [-0.05, 0) is 41.6 Å². The van der Waals surface area contributed by atoms with Crippen LogP contribution in [-0.2, 0) is 16.1 Å². The van der Waals surface area contributed by atoms with Crippen LogP contribution in [0.3, 0.4) is 0 Å². The van der Waals surface area contributed by atoms with Crippen LogP contribution in [0.1, 0.15) is 27.2 Å². The molecule has 100 valence electrons.